The number of hydrogen-bond donors (Lipinski definition) is 0. The molecule has 0 radical (unpaired) electrons. The lowest BCUT2D eigenvalue weighted by Gasteiger charge is -2.36. The summed E-state index contributed by atoms with van der Waals surface area (Å²) in [5.41, 5.74) is -0.102. The number of carbonyl (C=O) groups excluding carboxylic acids is 1. The molecule has 26 heavy (non-hydrogen) atoms. The van der Waals surface area contributed by atoms with Crippen LogP contribution in [0.2, 0.25) is 0 Å². The molecule has 0 aromatic heterocycles. The molecule has 2 aliphatic rings. The molecule has 1 aromatic rings. The van der Waals surface area contributed by atoms with Gasteiger partial charge in [-0.3, -0.25) is 0 Å². The number of sulfonamides is 1. The average Bonchev–Trinajstić information content (AvgIpc) is 2.83. The van der Waals surface area contributed by atoms with E-state index in [1.165, 1.54) is 6.07 Å². The summed E-state index contributed by atoms with van der Waals surface area (Å²) in [5, 5.41) is 0. The Kier molecular flexibility index (Phi) is 4.96. The van der Waals surface area contributed by atoms with E-state index in [-0.39, 0.29) is 29.5 Å². The second-order valence-corrected chi connectivity index (χ2v) is 9.07. The summed E-state index contributed by atoms with van der Waals surface area (Å²) in [5.74, 6) is 0.0929. The third kappa shape index (κ3) is 4.00. The van der Waals surface area contributed by atoms with Gasteiger partial charge in [0.2, 0.25) is 5.90 Å². The van der Waals surface area contributed by atoms with Gasteiger partial charge in [-0.1, -0.05) is 12.1 Å². The standard InChI is InChI=1S/C18H24N2O5S/c1-18(2,3)25-17(21)20-11-7-6-8-13(20)12-24-16-14-9-4-5-10-15(14)26(22,23)19-16/h4-5,9-10,13H,6-8,11-12H2,1-3H3. The molecule has 1 saturated heterocycles. The zero-order valence-electron chi connectivity index (χ0n) is 15.3. The average molecular weight is 380 g/mol. The van der Waals surface area contributed by atoms with Gasteiger partial charge in [-0.15, -0.1) is 4.40 Å². The minimum Gasteiger partial charge on any atom is -0.475 e. The number of ether oxygens (including phenoxy) is 2. The van der Waals surface area contributed by atoms with Crippen LogP contribution in [0.1, 0.15) is 45.6 Å². The number of nitrogens with zero attached hydrogens (tertiary/aromatic N) is 2. The highest BCUT2D eigenvalue weighted by atomic mass is 32.2. The predicted octanol–water partition coefficient (Wildman–Crippen LogP) is 2.94. The van der Waals surface area contributed by atoms with Gasteiger partial charge in [0.25, 0.3) is 10.0 Å². The Morgan fingerprint density at radius 1 is 1.27 bits per heavy atom. The van der Waals surface area contributed by atoms with Crippen LogP contribution < -0.4 is 0 Å². The minimum absolute atomic E-state index is 0.0929. The lowest BCUT2D eigenvalue weighted by Crippen LogP contribution is -2.48. The first kappa shape index (κ1) is 18.7. The van der Waals surface area contributed by atoms with Crippen molar-refractivity contribution >= 4 is 22.0 Å². The van der Waals surface area contributed by atoms with Gasteiger partial charge in [-0.25, -0.2) is 4.79 Å². The lowest BCUT2D eigenvalue weighted by atomic mass is 10.0. The Morgan fingerprint density at radius 3 is 2.73 bits per heavy atom. The van der Waals surface area contributed by atoms with Crippen LogP contribution in [0, 0.1) is 0 Å². The van der Waals surface area contributed by atoms with Crippen LogP contribution in [0.4, 0.5) is 4.79 Å². The molecule has 0 saturated carbocycles. The summed E-state index contributed by atoms with van der Waals surface area (Å²) < 4.78 is 39.1. The molecule has 2 aliphatic heterocycles. The molecule has 0 bridgehead atoms. The fourth-order valence-electron chi connectivity index (χ4n) is 3.09. The van der Waals surface area contributed by atoms with Crippen LogP contribution in [0.3, 0.4) is 0 Å². The smallest absolute Gasteiger partial charge is 0.410 e. The molecule has 0 spiro atoms. The van der Waals surface area contributed by atoms with Gasteiger partial charge in [-0.2, -0.15) is 8.42 Å². The molecule has 1 atom stereocenters. The number of benzene rings is 1. The Bertz CT molecular complexity index is 826. The Hall–Kier alpha value is -2.09. The van der Waals surface area contributed by atoms with Crippen molar-refractivity contribution < 1.29 is 22.7 Å². The molecule has 1 fully saturated rings. The van der Waals surface area contributed by atoms with Crippen molar-refractivity contribution in [2.24, 2.45) is 4.40 Å². The summed E-state index contributed by atoms with van der Waals surface area (Å²) in [6.07, 6.45) is 2.30. The minimum atomic E-state index is -3.70. The number of fused-ring (bicyclic) bond motifs is 1. The largest absolute Gasteiger partial charge is 0.475 e. The fourth-order valence-corrected chi connectivity index (χ4v) is 4.24. The van der Waals surface area contributed by atoms with Gasteiger partial charge in [-0.05, 0) is 52.2 Å². The van der Waals surface area contributed by atoms with Crippen molar-refractivity contribution in [2.45, 2.75) is 56.6 Å². The molecular weight excluding hydrogens is 356 g/mol. The molecule has 3 rings (SSSR count). The number of carbonyl (C=O) groups is 1. The summed E-state index contributed by atoms with van der Waals surface area (Å²) in [6, 6.07) is 6.41. The second kappa shape index (κ2) is 6.90. The first-order chi connectivity index (χ1) is 12.2. The molecule has 1 amide bonds. The van der Waals surface area contributed by atoms with Gasteiger partial charge < -0.3 is 14.4 Å². The SMILES string of the molecule is CC(C)(C)OC(=O)N1CCCCC1COC1=NS(=O)(=O)c2ccccc21. The van der Waals surface area contributed by atoms with E-state index < -0.39 is 15.6 Å². The molecule has 1 unspecified atom stereocenters. The number of piperidine rings is 1. The van der Waals surface area contributed by atoms with E-state index in [4.69, 9.17) is 9.47 Å². The third-order valence-electron chi connectivity index (χ3n) is 4.27. The van der Waals surface area contributed by atoms with Crippen molar-refractivity contribution in [1.82, 2.24) is 4.90 Å². The molecule has 142 valence electrons. The van der Waals surface area contributed by atoms with Gasteiger partial charge in [0.1, 0.15) is 17.1 Å². The molecule has 8 heteroatoms. The number of hydrogen-bond acceptors (Lipinski definition) is 5. The zero-order valence-corrected chi connectivity index (χ0v) is 16.1. The Labute approximate surface area is 154 Å². The third-order valence-corrected chi connectivity index (χ3v) is 5.58. The maximum absolute atomic E-state index is 12.4. The van der Waals surface area contributed by atoms with Crippen LogP contribution in [0.15, 0.2) is 33.6 Å². The zero-order chi connectivity index (χ0) is 18.9. The monoisotopic (exact) mass is 380 g/mol. The predicted molar refractivity (Wildman–Crippen MR) is 96.7 cm³/mol. The Balaban J connectivity index is 1.71. The molecule has 1 aromatic carbocycles. The first-order valence-electron chi connectivity index (χ1n) is 8.74. The molecule has 7 nitrogen and oxygen atoms in total. The van der Waals surface area contributed by atoms with Crippen LogP contribution >= 0.6 is 0 Å². The van der Waals surface area contributed by atoms with Gasteiger partial charge >= 0.3 is 6.09 Å². The molecular formula is C18H24N2O5S. The number of amides is 1. The van der Waals surface area contributed by atoms with Crippen LogP contribution in [-0.4, -0.2) is 50.1 Å². The van der Waals surface area contributed by atoms with Crippen molar-refractivity contribution in [2.75, 3.05) is 13.2 Å². The maximum Gasteiger partial charge on any atom is 0.410 e. The fraction of sp³-hybridized carbons (Fsp3) is 0.556. The number of rotatable bonds is 2. The van der Waals surface area contributed by atoms with E-state index >= 15 is 0 Å². The molecule has 0 aliphatic carbocycles. The first-order valence-corrected chi connectivity index (χ1v) is 10.2. The van der Waals surface area contributed by atoms with E-state index in [9.17, 15) is 13.2 Å². The van der Waals surface area contributed by atoms with Crippen molar-refractivity contribution in [3.05, 3.63) is 29.8 Å². The highest BCUT2D eigenvalue weighted by molar-refractivity contribution is 7.90. The normalized spacial score (nSPS) is 21.7. The quantitative estimate of drug-likeness (QED) is 0.787. The topological polar surface area (TPSA) is 85.3 Å². The van der Waals surface area contributed by atoms with E-state index in [0.29, 0.717) is 12.1 Å². The second-order valence-electron chi connectivity index (χ2n) is 7.50. The van der Waals surface area contributed by atoms with Crippen molar-refractivity contribution in [3.8, 4) is 0 Å². The summed E-state index contributed by atoms with van der Waals surface area (Å²) in [4.78, 5) is 14.3. The van der Waals surface area contributed by atoms with Crippen LogP contribution in [-0.2, 0) is 19.5 Å². The van der Waals surface area contributed by atoms with Crippen molar-refractivity contribution in [3.63, 3.8) is 0 Å². The van der Waals surface area contributed by atoms with Crippen LogP contribution in [0.25, 0.3) is 0 Å². The van der Waals surface area contributed by atoms with E-state index in [1.54, 1.807) is 23.1 Å². The van der Waals surface area contributed by atoms with E-state index in [2.05, 4.69) is 4.40 Å². The highest BCUT2D eigenvalue weighted by Crippen LogP contribution is 2.27. The van der Waals surface area contributed by atoms with Crippen molar-refractivity contribution in [1.29, 1.82) is 0 Å². The number of likely N-dealkylation sites (tertiary alicyclic amines) is 1. The van der Waals surface area contributed by atoms with Gasteiger partial charge in [0, 0.05) is 6.54 Å². The van der Waals surface area contributed by atoms with Gasteiger partial charge in [0.05, 0.1) is 11.6 Å². The lowest BCUT2D eigenvalue weighted by molar-refractivity contribution is 0.00289. The summed E-state index contributed by atoms with van der Waals surface area (Å²) in [7, 11) is -3.70. The van der Waals surface area contributed by atoms with Crippen LogP contribution in [0.5, 0.6) is 0 Å². The van der Waals surface area contributed by atoms with Gasteiger partial charge in [0.15, 0.2) is 0 Å². The highest BCUT2D eigenvalue weighted by Gasteiger charge is 2.33. The maximum atomic E-state index is 12.4. The molecule has 0 N–H and O–H groups in total. The summed E-state index contributed by atoms with van der Waals surface area (Å²) >= 11 is 0. The van der Waals surface area contributed by atoms with E-state index in [1.807, 2.05) is 20.8 Å². The Morgan fingerprint density at radius 2 is 2.00 bits per heavy atom. The summed E-state index contributed by atoms with van der Waals surface area (Å²) in [6.45, 7) is 6.27. The van der Waals surface area contributed by atoms with E-state index in [0.717, 1.165) is 19.3 Å². The molecule has 2 heterocycles.